The normalized spacial score (nSPS) is 13.8. The third-order valence-electron chi connectivity index (χ3n) is 1.80. The zero-order valence-electron chi connectivity index (χ0n) is 8.45. The average molecular weight is 206 g/mol. The predicted octanol–water partition coefficient (Wildman–Crippen LogP) is 2.60. The Morgan fingerprint density at radius 3 is 2.31 bits per heavy atom. The van der Waals surface area contributed by atoms with Crippen LogP contribution in [-0.4, -0.2) is 13.0 Å². The lowest BCUT2D eigenvalue weighted by Gasteiger charge is -2.02. The molecule has 0 aromatic heterocycles. The summed E-state index contributed by atoms with van der Waals surface area (Å²) in [4.78, 5) is 0.133. The van der Waals surface area contributed by atoms with Crippen molar-refractivity contribution in [2.75, 3.05) is 0 Å². The molecule has 0 aromatic rings. The van der Waals surface area contributed by atoms with Gasteiger partial charge in [0.1, 0.15) is 0 Å². The van der Waals surface area contributed by atoms with Gasteiger partial charge in [-0.05, 0) is 25.2 Å². The summed E-state index contributed by atoms with van der Waals surface area (Å²) in [6, 6.07) is 0. The standard InChI is InChI=1S/C9H18O3S/c1-4-9(13(10,11)12)7-5-6-8(2)3/h7-8H,4-6H2,1-3H3,(H,10,11,12)/b9-7-. The fourth-order valence-corrected chi connectivity index (χ4v) is 1.70. The molecule has 0 saturated heterocycles. The van der Waals surface area contributed by atoms with E-state index in [1.54, 1.807) is 13.0 Å². The largest absolute Gasteiger partial charge is 0.290 e. The van der Waals surface area contributed by atoms with Crippen LogP contribution in [0.15, 0.2) is 11.0 Å². The zero-order chi connectivity index (χ0) is 10.5. The van der Waals surface area contributed by atoms with Gasteiger partial charge in [-0.1, -0.05) is 26.8 Å². The van der Waals surface area contributed by atoms with Gasteiger partial charge in [-0.2, -0.15) is 8.42 Å². The van der Waals surface area contributed by atoms with Gasteiger partial charge in [-0.3, -0.25) is 4.55 Å². The number of hydrogen-bond acceptors (Lipinski definition) is 2. The first-order valence-electron chi connectivity index (χ1n) is 4.54. The Morgan fingerprint density at radius 2 is 2.00 bits per heavy atom. The van der Waals surface area contributed by atoms with Crippen molar-refractivity contribution in [3.05, 3.63) is 11.0 Å². The molecule has 0 fully saturated rings. The molecule has 0 aliphatic heterocycles. The molecule has 3 nitrogen and oxygen atoms in total. The Bertz CT molecular complexity index is 263. The molecule has 0 aliphatic carbocycles. The van der Waals surface area contributed by atoms with E-state index in [2.05, 4.69) is 13.8 Å². The van der Waals surface area contributed by atoms with Crippen molar-refractivity contribution in [2.45, 2.75) is 40.0 Å². The van der Waals surface area contributed by atoms with Crippen molar-refractivity contribution in [2.24, 2.45) is 5.92 Å². The second kappa shape index (κ2) is 5.40. The van der Waals surface area contributed by atoms with Crippen molar-refractivity contribution >= 4 is 10.1 Å². The van der Waals surface area contributed by atoms with Gasteiger partial charge in [-0.15, -0.1) is 0 Å². The Kier molecular flexibility index (Phi) is 5.25. The molecular weight excluding hydrogens is 188 g/mol. The summed E-state index contributed by atoms with van der Waals surface area (Å²) >= 11 is 0. The van der Waals surface area contributed by atoms with Crippen LogP contribution in [0.25, 0.3) is 0 Å². The first-order chi connectivity index (χ1) is 5.88. The van der Waals surface area contributed by atoms with Crippen molar-refractivity contribution in [3.8, 4) is 0 Å². The molecule has 4 heteroatoms. The lowest BCUT2D eigenvalue weighted by Crippen LogP contribution is -2.01. The molecule has 13 heavy (non-hydrogen) atoms. The van der Waals surface area contributed by atoms with E-state index in [1.807, 2.05) is 0 Å². The van der Waals surface area contributed by atoms with E-state index < -0.39 is 10.1 Å². The molecule has 0 amide bonds. The highest BCUT2D eigenvalue weighted by atomic mass is 32.2. The minimum absolute atomic E-state index is 0.133. The zero-order valence-corrected chi connectivity index (χ0v) is 9.26. The topological polar surface area (TPSA) is 54.4 Å². The Balaban J connectivity index is 4.26. The molecule has 0 heterocycles. The SMILES string of the molecule is CC/C(=C/CCC(C)C)S(=O)(=O)O. The van der Waals surface area contributed by atoms with Crippen molar-refractivity contribution in [1.82, 2.24) is 0 Å². The highest BCUT2D eigenvalue weighted by Gasteiger charge is 2.10. The Labute approximate surface area is 80.6 Å². The first kappa shape index (κ1) is 12.7. The van der Waals surface area contributed by atoms with Crippen LogP contribution in [-0.2, 0) is 10.1 Å². The molecular formula is C9H18O3S. The van der Waals surface area contributed by atoms with Gasteiger partial charge in [0.2, 0.25) is 0 Å². The summed E-state index contributed by atoms with van der Waals surface area (Å²) in [6.45, 7) is 5.87. The smallest absolute Gasteiger partial charge is 0.282 e. The molecule has 78 valence electrons. The van der Waals surface area contributed by atoms with Gasteiger partial charge in [0, 0.05) is 0 Å². The number of allylic oxidation sites excluding steroid dienone is 2. The first-order valence-corrected chi connectivity index (χ1v) is 5.98. The van der Waals surface area contributed by atoms with Crippen LogP contribution in [0.2, 0.25) is 0 Å². The third kappa shape index (κ3) is 5.82. The average Bonchev–Trinajstić information content (AvgIpc) is 1.95. The molecule has 0 bridgehead atoms. The van der Waals surface area contributed by atoms with Gasteiger partial charge in [0.15, 0.2) is 0 Å². The lowest BCUT2D eigenvalue weighted by molar-refractivity contribution is 0.489. The number of rotatable bonds is 5. The lowest BCUT2D eigenvalue weighted by atomic mass is 10.1. The van der Waals surface area contributed by atoms with E-state index in [0.29, 0.717) is 18.8 Å². The summed E-state index contributed by atoms with van der Waals surface area (Å²) in [6.07, 6.45) is 3.62. The summed E-state index contributed by atoms with van der Waals surface area (Å²) in [5.41, 5.74) is 0. The van der Waals surface area contributed by atoms with Crippen LogP contribution in [0.4, 0.5) is 0 Å². The maximum absolute atomic E-state index is 10.7. The summed E-state index contributed by atoms with van der Waals surface area (Å²) < 4.78 is 30.2. The molecule has 0 saturated carbocycles. The van der Waals surface area contributed by atoms with Crippen LogP contribution in [0.1, 0.15) is 40.0 Å². The molecule has 0 unspecified atom stereocenters. The molecule has 0 aromatic carbocycles. The number of hydrogen-bond donors (Lipinski definition) is 1. The van der Waals surface area contributed by atoms with E-state index in [1.165, 1.54) is 0 Å². The molecule has 0 atom stereocenters. The Morgan fingerprint density at radius 1 is 1.46 bits per heavy atom. The van der Waals surface area contributed by atoms with E-state index in [9.17, 15) is 8.42 Å². The van der Waals surface area contributed by atoms with Crippen LogP contribution < -0.4 is 0 Å². The van der Waals surface area contributed by atoms with E-state index >= 15 is 0 Å². The predicted molar refractivity (Wildman–Crippen MR) is 54.0 cm³/mol. The minimum Gasteiger partial charge on any atom is -0.282 e. The fourth-order valence-electron chi connectivity index (χ4n) is 1.01. The maximum atomic E-state index is 10.7. The summed E-state index contributed by atoms with van der Waals surface area (Å²) in [7, 11) is -3.95. The molecule has 0 radical (unpaired) electrons. The molecule has 1 N–H and O–H groups in total. The maximum Gasteiger partial charge on any atom is 0.290 e. The quantitative estimate of drug-likeness (QED) is 0.703. The van der Waals surface area contributed by atoms with Gasteiger partial charge in [0.05, 0.1) is 4.91 Å². The van der Waals surface area contributed by atoms with Gasteiger partial charge in [0.25, 0.3) is 10.1 Å². The second-order valence-corrected chi connectivity index (χ2v) is 4.94. The van der Waals surface area contributed by atoms with Gasteiger partial charge in [-0.25, -0.2) is 0 Å². The molecule has 0 spiro atoms. The highest BCUT2D eigenvalue weighted by molar-refractivity contribution is 7.89. The molecule has 0 rings (SSSR count). The van der Waals surface area contributed by atoms with E-state index in [4.69, 9.17) is 4.55 Å². The van der Waals surface area contributed by atoms with Crippen molar-refractivity contribution < 1.29 is 13.0 Å². The summed E-state index contributed by atoms with van der Waals surface area (Å²) in [5, 5.41) is 0. The van der Waals surface area contributed by atoms with Gasteiger partial charge >= 0.3 is 0 Å². The van der Waals surface area contributed by atoms with E-state index in [0.717, 1.165) is 6.42 Å². The second-order valence-electron chi connectivity index (χ2n) is 3.47. The van der Waals surface area contributed by atoms with Crippen molar-refractivity contribution in [1.29, 1.82) is 0 Å². The minimum atomic E-state index is -3.95. The fraction of sp³-hybridized carbons (Fsp3) is 0.778. The van der Waals surface area contributed by atoms with Crippen LogP contribution >= 0.6 is 0 Å². The summed E-state index contributed by atoms with van der Waals surface area (Å²) in [5.74, 6) is 0.552. The highest BCUT2D eigenvalue weighted by Crippen LogP contribution is 2.12. The van der Waals surface area contributed by atoms with E-state index in [-0.39, 0.29) is 4.91 Å². The van der Waals surface area contributed by atoms with Crippen LogP contribution in [0, 0.1) is 5.92 Å². The third-order valence-corrected chi connectivity index (χ3v) is 2.91. The monoisotopic (exact) mass is 206 g/mol. The van der Waals surface area contributed by atoms with Crippen LogP contribution in [0.3, 0.4) is 0 Å². The van der Waals surface area contributed by atoms with Crippen molar-refractivity contribution in [3.63, 3.8) is 0 Å². The van der Waals surface area contributed by atoms with Crippen LogP contribution in [0.5, 0.6) is 0 Å². The van der Waals surface area contributed by atoms with Gasteiger partial charge < -0.3 is 0 Å². The molecule has 0 aliphatic rings. The Hall–Kier alpha value is -0.350.